The van der Waals surface area contributed by atoms with Crippen LogP contribution < -0.4 is 10.2 Å². The molecule has 1 N–H and O–H groups in total. The molecule has 0 saturated carbocycles. The Bertz CT molecular complexity index is 790. The first-order valence-electron chi connectivity index (χ1n) is 7.27. The van der Waals surface area contributed by atoms with Crippen LogP contribution in [0.1, 0.15) is 22.7 Å². The molecule has 1 atom stereocenters. The number of benzene rings is 1. The predicted octanol–water partition coefficient (Wildman–Crippen LogP) is 2.98. The van der Waals surface area contributed by atoms with E-state index in [-0.39, 0.29) is 12.2 Å². The second kappa shape index (κ2) is 6.34. The average Bonchev–Trinajstić information content (AvgIpc) is 3.15. The van der Waals surface area contributed by atoms with E-state index in [9.17, 15) is 26.7 Å². The molecule has 1 fully saturated rings. The lowest BCUT2D eigenvalue weighted by atomic mass is 10.2. The molecule has 134 valence electrons. The molecule has 1 saturated heterocycles. The zero-order chi connectivity index (χ0) is 18.2. The van der Waals surface area contributed by atoms with Crippen LogP contribution in [0.25, 0.3) is 0 Å². The third-order valence-electron chi connectivity index (χ3n) is 3.82. The average molecular weight is 361 g/mol. The van der Waals surface area contributed by atoms with Crippen LogP contribution in [0.4, 0.5) is 27.6 Å². The van der Waals surface area contributed by atoms with E-state index in [1.165, 1.54) is 6.07 Å². The van der Waals surface area contributed by atoms with Crippen molar-refractivity contribution >= 4 is 11.6 Å². The Balaban J connectivity index is 1.67. The second-order valence-corrected chi connectivity index (χ2v) is 5.53. The summed E-state index contributed by atoms with van der Waals surface area (Å²) in [7, 11) is 0. The number of alkyl halides is 3. The first kappa shape index (κ1) is 17.2. The molecule has 2 aromatic rings. The predicted molar refractivity (Wildman–Crippen MR) is 75.9 cm³/mol. The maximum Gasteiger partial charge on any atom is 0.437 e. The van der Waals surface area contributed by atoms with Gasteiger partial charge in [0, 0.05) is 25.2 Å². The summed E-state index contributed by atoms with van der Waals surface area (Å²) in [5, 5.41) is 2.41. The van der Waals surface area contributed by atoms with Crippen LogP contribution >= 0.6 is 0 Å². The molecule has 10 heteroatoms. The Labute approximate surface area is 138 Å². The third kappa shape index (κ3) is 3.57. The zero-order valence-electron chi connectivity index (χ0n) is 12.6. The van der Waals surface area contributed by atoms with Crippen LogP contribution in [0.2, 0.25) is 0 Å². The van der Waals surface area contributed by atoms with Gasteiger partial charge in [-0.25, -0.2) is 13.8 Å². The SMILES string of the molecule is O=C(NC1CCN(c2ccc(F)cc2F)C1)c1ocnc1C(F)(F)F. The number of hydrogen-bond acceptors (Lipinski definition) is 4. The molecule has 5 nitrogen and oxygen atoms in total. The quantitative estimate of drug-likeness (QED) is 0.854. The highest BCUT2D eigenvalue weighted by Crippen LogP contribution is 2.31. The molecule has 3 rings (SSSR count). The van der Waals surface area contributed by atoms with Gasteiger partial charge in [-0.3, -0.25) is 4.79 Å². The number of halogens is 5. The Morgan fingerprint density at radius 1 is 1.32 bits per heavy atom. The fraction of sp³-hybridized carbons (Fsp3) is 0.333. The van der Waals surface area contributed by atoms with Crippen molar-refractivity contribution in [3.63, 3.8) is 0 Å². The van der Waals surface area contributed by atoms with Crippen molar-refractivity contribution in [3.05, 3.63) is 47.7 Å². The van der Waals surface area contributed by atoms with Crippen molar-refractivity contribution in [1.82, 2.24) is 10.3 Å². The fourth-order valence-electron chi connectivity index (χ4n) is 2.69. The standard InChI is InChI=1S/C15H12F5N3O2/c16-8-1-2-11(10(17)5-8)23-4-3-9(6-23)22-14(24)12-13(15(18,19)20)21-7-25-12/h1-2,5,7,9H,3-4,6H2,(H,22,24). The molecule has 0 bridgehead atoms. The van der Waals surface area contributed by atoms with E-state index >= 15 is 0 Å². The summed E-state index contributed by atoms with van der Waals surface area (Å²) in [4.78, 5) is 16.6. The van der Waals surface area contributed by atoms with Gasteiger partial charge in [-0.2, -0.15) is 13.2 Å². The molecule has 1 unspecified atom stereocenters. The molecule has 0 spiro atoms. The van der Waals surface area contributed by atoms with E-state index in [1.54, 1.807) is 4.90 Å². The van der Waals surface area contributed by atoms with Gasteiger partial charge in [0.25, 0.3) is 5.91 Å². The van der Waals surface area contributed by atoms with Gasteiger partial charge in [-0.1, -0.05) is 0 Å². The monoisotopic (exact) mass is 361 g/mol. The van der Waals surface area contributed by atoms with Crippen LogP contribution in [-0.4, -0.2) is 30.0 Å². The van der Waals surface area contributed by atoms with Gasteiger partial charge >= 0.3 is 6.18 Å². The van der Waals surface area contributed by atoms with E-state index in [4.69, 9.17) is 0 Å². The number of aromatic nitrogens is 1. The maximum absolute atomic E-state index is 13.8. The highest BCUT2D eigenvalue weighted by atomic mass is 19.4. The number of nitrogens with one attached hydrogen (secondary N) is 1. The van der Waals surface area contributed by atoms with Crippen molar-refractivity contribution in [2.24, 2.45) is 0 Å². The van der Waals surface area contributed by atoms with E-state index in [1.807, 2.05) is 0 Å². The highest BCUT2D eigenvalue weighted by molar-refractivity contribution is 5.92. The molecular weight excluding hydrogens is 349 g/mol. The number of nitrogens with zero attached hydrogens (tertiary/aromatic N) is 2. The topological polar surface area (TPSA) is 58.4 Å². The first-order chi connectivity index (χ1) is 11.8. The minimum absolute atomic E-state index is 0.161. The highest BCUT2D eigenvalue weighted by Gasteiger charge is 2.40. The summed E-state index contributed by atoms with van der Waals surface area (Å²) in [5.74, 6) is -3.42. The minimum atomic E-state index is -4.81. The Morgan fingerprint density at radius 3 is 2.76 bits per heavy atom. The van der Waals surface area contributed by atoms with E-state index in [0.29, 0.717) is 19.4 Å². The molecule has 1 amide bonds. The van der Waals surface area contributed by atoms with Crippen molar-refractivity contribution < 1.29 is 31.2 Å². The number of amides is 1. The molecule has 1 aliphatic rings. The van der Waals surface area contributed by atoms with Crippen molar-refractivity contribution in [1.29, 1.82) is 0 Å². The Hall–Kier alpha value is -2.65. The fourth-order valence-corrected chi connectivity index (χ4v) is 2.69. The molecule has 1 aromatic heterocycles. The number of carbonyl (C=O) groups is 1. The Morgan fingerprint density at radius 2 is 2.08 bits per heavy atom. The van der Waals surface area contributed by atoms with E-state index in [2.05, 4.69) is 14.7 Å². The zero-order valence-corrected chi connectivity index (χ0v) is 12.6. The summed E-state index contributed by atoms with van der Waals surface area (Å²) < 4.78 is 69.5. The van der Waals surface area contributed by atoms with Gasteiger partial charge < -0.3 is 14.6 Å². The van der Waals surface area contributed by atoms with Crippen molar-refractivity contribution in [2.45, 2.75) is 18.6 Å². The van der Waals surface area contributed by atoms with Crippen LogP contribution in [0.5, 0.6) is 0 Å². The lowest BCUT2D eigenvalue weighted by Gasteiger charge is -2.19. The Kier molecular flexibility index (Phi) is 4.36. The van der Waals surface area contributed by atoms with Crippen molar-refractivity contribution in [2.75, 3.05) is 18.0 Å². The number of hydrogen-bond donors (Lipinski definition) is 1. The van der Waals surface area contributed by atoms with Gasteiger partial charge in [0.15, 0.2) is 12.1 Å². The lowest BCUT2D eigenvalue weighted by Crippen LogP contribution is -2.37. The van der Waals surface area contributed by atoms with Gasteiger partial charge in [0.05, 0.1) is 5.69 Å². The summed E-state index contributed by atoms with van der Waals surface area (Å²) in [6, 6.07) is 2.61. The van der Waals surface area contributed by atoms with Gasteiger partial charge in [-0.15, -0.1) is 0 Å². The molecule has 0 radical (unpaired) electrons. The minimum Gasteiger partial charge on any atom is -0.438 e. The molecule has 2 heterocycles. The molecular formula is C15H12F5N3O2. The van der Waals surface area contributed by atoms with Crippen LogP contribution in [0, 0.1) is 11.6 Å². The first-order valence-corrected chi connectivity index (χ1v) is 7.27. The van der Waals surface area contributed by atoms with Gasteiger partial charge in [-0.05, 0) is 18.6 Å². The lowest BCUT2D eigenvalue weighted by molar-refractivity contribution is -0.141. The van der Waals surface area contributed by atoms with Crippen LogP contribution in [0.15, 0.2) is 29.0 Å². The largest absolute Gasteiger partial charge is 0.438 e. The normalized spacial score (nSPS) is 17.8. The summed E-state index contributed by atoms with van der Waals surface area (Å²) in [6.07, 6.45) is -3.87. The maximum atomic E-state index is 13.8. The number of rotatable bonds is 3. The van der Waals surface area contributed by atoms with Gasteiger partial charge in [0.1, 0.15) is 11.6 Å². The number of anilines is 1. The van der Waals surface area contributed by atoms with Gasteiger partial charge in [0.2, 0.25) is 5.76 Å². The molecule has 0 aliphatic carbocycles. The van der Waals surface area contributed by atoms with E-state index < -0.39 is 41.2 Å². The van der Waals surface area contributed by atoms with Crippen molar-refractivity contribution in [3.8, 4) is 0 Å². The summed E-state index contributed by atoms with van der Waals surface area (Å²) in [5.41, 5.74) is -1.24. The molecule has 1 aliphatic heterocycles. The van der Waals surface area contributed by atoms with E-state index in [0.717, 1.165) is 12.1 Å². The number of oxazole rings is 1. The number of carbonyl (C=O) groups excluding carboxylic acids is 1. The smallest absolute Gasteiger partial charge is 0.437 e. The molecule has 1 aromatic carbocycles. The summed E-state index contributed by atoms with van der Waals surface area (Å²) >= 11 is 0. The van der Waals surface area contributed by atoms with Crippen LogP contribution in [0.3, 0.4) is 0 Å². The molecule has 25 heavy (non-hydrogen) atoms. The third-order valence-corrected chi connectivity index (χ3v) is 3.82. The van der Waals surface area contributed by atoms with Crippen LogP contribution in [-0.2, 0) is 6.18 Å². The summed E-state index contributed by atoms with van der Waals surface area (Å²) in [6.45, 7) is 0.528. The second-order valence-electron chi connectivity index (χ2n) is 5.53.